The van der Waals surface area contributed by atoms with E-state index in [4.69, 9.17) is 0 Å². The van der Waals surface area contributed by atoms with Gasteiger partial charge in [-0.1, -0.05) is 19.4 Å². The molecular weight excluding hydrogens is 245 g/mol. The summed E-state index contributed by atoms with van der Waals surface area (Å²) < 4.78 is 0. The summed E-state index contributed by atoms with van der Waals surface area (Å²) >= 11 is 0. The summed E-state index contributed by atoms with van der Waals surface area (Å²) in [5, 5.41) is 0. The van der Waals surface area contributed by atoms with Crippen LogP contribution in [-0.2, 0) is 32.7 Å². The summed E-state index contributed by atoms with van der Waals surface area (Å²) in [7, 11) is 0. The second-order valence-electron chi connectivity index (χ2n) is 3.57. The Hall–Kier alpha value is 0.0639. The van der Waals surface area contributed by atoms with E-state index in [1.165, 1.54) is 5.57 Å². The monoisotopic (exact) mass is 264 g/mol. The predicted molar refractivity (Wildman–Crippen MR) is 60.4 cm³/mol. The van der Waals surface area contributed by atoms with Gasteiger partial charge >= 0.3 is 0 Å². The molecule has 0 saturated heterocycles. The van der Waals surface area contributed by atoms with Crippen LogP contribution in [0.25, 0.3) is 0 Å². The first kappa shape index (κ1) is 16.5. The Morgan fingerprint density at radius 1 is 1.14 bits per heavy atom. The van der Waals surface area contributed by atoms with E-state index in [2.05, 4.69) is 45.9 Å². The van der Waals surface area contributed by atoms with Gasteiger partial charge in [-0.2, -0.15) is 30.4 Å². The molecule has 1 heteroatoms. The molecule has 0 atom stereocenters. The van der Waals surface area contributed by atoms with Crippen LogP contribution in [0.3, 0.4) is 0 Å². The van der Waals surface area contributed by atoms with Crippen molar-refractivity contribution in [3.05, 3.63) is 48.1 Å². The van der Waals surface area contributed by atoms with Crippen molar-refractivity contribution in [2.75, 3.05) is 0 Å². The molecule has 0 heterocycles. The first-order valence-corrected chi connectivity index (χ1v) is 4.69. The van der Waals surface area contributed by atoms with Gasteiger partial charge in [0.15, 0.2) is 0 Å². The van der Waals surface area contributed by atoms with E-state index in [9.17, 15) is 0 Å². The van der Waals surface area contributed by atoms with Gasteiger partial charge in [0.25, 0.3) is 0 Å². The summed E-state index contributed by atoms with van der Waals surface area (Å²) in [4.78, 5) is 0. The Balaban J connectivity index is 0. The third-order valence-electron chi connectivity index (χ3n) is 1.31. The number of rotatable bonds is 4. The summed E-state index contributed by atoms with van der Waals surface area (Å²) in [5.74, 6) is 0.611. The summed E-state index contributed by atoms with van der Waals surface area (Å²) in [6, 6.07) is 0. The minimum atomic E-state index is 0. The van der Waals surface area contributed by atoms with Crippen molar-refractivity contribution >= 4 is 0 Å². The third kappa shape index (κ3) is 14.6. The Morgan fingerprint density at radius 2 is 1.79 bits per heavy atom. The van der Waals surface area contributed by atoms with Gasteiger partial charge in [0.1, 0.15) is 0 Å². The second kappa shape index (κ2) is 11.1. The van der Waals surface area contributed by atoms with Gasteiger partial charge in [-0.15, -0.1) is 12.2 Å². The molecule has 0 fully saturated rings. The summed E-state index contributed by atoms with van der Waals surface area (Å²) in [6.45, 7) is 8.46. The Morgan fingerprint density at radius 3 is 2.29 bits per heavy atom. The maximum Gasteiger partial charge on any atom is 0 e. The van der Waals surface area contributed by atoms with E-state index in [1.54, 1.807) is 0 Å². The molecular formula is C13H19Y-. The van der Waals surface area contributed by atoms with Gasteiger partial charge in [-0.25, -0.2) is 0 Å². The van der Waals surface area contributed by atoms with Gasteiger partial charge in [0.05, 0.1) is 0 Å². The molecule has 0 spiro atoms. The smallest absolute Gasteiger partial charge is 0 e. The van der Waals surface area contributed by atoms with Crippen LogP contribution in [0.2, 0.25) is 0 Å². The van der Waals surface area contributed by atoms with Crippen LogP contribution in [0, 0.1) is 12.0 Å². The first-order chi connectivity index (χ1) is 6.13. The van der Waals surface area contributed by atoms with Crippen molar-refractivity contribution in [1.82, 2.24) is 0 Å². The molecule has 0 aliphatic rings. The van der Waals surface area contributed by atoms with Gasteiger partial charge in [-0.05, 0) is 19.8 Å². The topological polar surface area (TPSA) is 0 Å². The Kier molecular flexibility index (Phi) is 13.1. The van der Waals surface area contributed by atoms with E-state index in [0.717, 1.165) is 0 Å². The fraction of sp³-hybridized carbons (Fsp3) is 0.385. The molecule has 0 aromatic heterocycles. The number of hydrogen-bond acceptors (Lipinski definition) is 0. The van der Waals surface area contributed by atoms with Crippen molar-refractivity contribution in [2.24, 2.45) is 5.92 Å². The van der Waals surface area contributed by atoms with Crippen molar-refractivity contribution < 1.29 is 32.7 Å². The molecule has 1 radical (unpaired) electrons. The molecule has 75 valence electrons. The van der Waals surface area contributed by atoms with Crippen LogP contribution in [0.5, 0.6) is 0 Å². The number of allylic oxidation sites excluding steroid dienone is 8. The van der Waals surface area contributed by atoms with Crippen LogP contribution in [-0.4, -0.2) is 0 Å². The second-order valence-corrected chi connectivity index (χ2v) is 3.57. The molecule has 0 aromatic carbocycles. The third-order valence-corrected chi connectivity index (χ3v) is 1.31. The van der Waals surface area contributed by atoms with Gasteiger partial charge in [0, 0.05) is 32.7 Å². The summed E-state index contributed by atoms with van der Waals surface area (Å²) in [5.41, 5.74) is 1.30. The zero-order valence-electron chi connectivity index (χ0n) is 9.62. The van der Waals surface area contributed by atoms with Gasteiger partial charge in [-0.3, -0.25) is 0 Å². The normalized spacial score (nSPS) is 11.5. The standard InChI is InChI=1S/C13H19.Y/c1-12(2)10-8-6-5-7-9-11-13(3)4;/h6-12H,1-4H3;/q-1;/b9-7+,10-8+;. The van der Waals surface area contributed by atoms with E-state index in [1.807, 2.05) is 24.3 Å². The molecule has 0 nitrogen and oxygen atoms in total. The fourth-order valence-corrected chi connectivity index (χ4v) is 0.685. The van der Waals surface area contributed by atoms with Gasteiger partial charge < -0.3 is 0 Å². The molecule has 0 amide bonds. The maximum absolute atomic E-state index is 3.06. The Labute approximate surface area is 114 Å². The SMILES string of the molecule is CC(C)=C/C=C/[C-]=C/C=C/C(C)C.[Y]. The molecule has 0 N–H and O–H groups in total. The largest absolute Gasteiger partial charge is 0.184 e. The van der Waals surface area contributed by atoms with E-state index in [0.29, 0.717) is 5.92 Å². The van der Waals surface area contributed by atoms with E-state index < -0.39 is 0 Å². The molecule has 0 aliphatic carbocycles. The Bertz CT molecular complexity index is 226. The molecule has 0 saturated carbocycles. The predicted octanol–water partition coefficient (Wildman–Crippen LogP) is 4.08. The molecule has 0 aromatic rings. The zero-order chi connectivity index (χ0) is 10.1. The van der Waals surface area contributed by atoms with E-state index in [-0.39, 0.29) is 32.7 Å². The van der Waals surface area contributed by atoms with Crippen molar-refractivity contribution in [3.8, 4) is 0 Å². The average molecular weight is 264 g/mol. The minimum Gasteiger partial charge on any atom is -0.184 e. The maximum atomic E-state index is 3.06. The fourth-order valence-electron chi connectivity index (χ4n) is 0.685. The molecule has 0 rings (SSSR count). The van der Waals surface area contributed by atoms with Crippen LogP contribution in [0.1, 0.15) is 27.7 Å². The molecule has 14 heavy (non-hydrogen) atoms. The average Bonchev–Trinajstić information content (AvgIpc) is 2.01. The minimum absolute atomic E-state index is 0. The number of hydrogen-bond donors (Lipinski definition) is 0. The zero-order valence-corrected chi connectivity index (χ0v) is 12.5. The van der Waals surface area contributed by atoms with E-state index >= 15 is 0 Å². The van der Waals surface area contributed by atoms with Crippen molar-refractivity contribution in [3.63, 3.8) is 0 Å². The van der Waals surface area contributed by atoms with Crippen LogP contribution < -0.4 is 0 Å². The quantitative estimate of drug-likeness (QED) is 0.530. The van der Waals surface area contributed by atoms with Crippen molar-refractivity contribution in [1.29, 1.82) is 0 Å². The molecule has 0 aliphatic heterocycles. The molecule has 0 bridgehead atoms. The summed E-state index contributed by atoms with van der Waals surface area (Å²) in [6.07, 6.45) is 15.1. The van der Waals surface area contributed by atoms with Crippen molar-refractivity contribution in [2.45, 2.75) is 27.7 Å². The molecule has 0 unspecified atom stereocenters. The first-order valence-electron chi connectivity index (χ1n) is 4.69. The van der Waals surface area contributed by atoms with Crippen LogP contribution in [0.15, 0.2) is 42.0 Å². The van der Waals surface area contributed by atoms with Crippen LogP contribution >= 0.6 is 0 Å². The van der Waals surface area contributed by atoms with Crippen LogP contribution in [0.4, 0.5) is 0 Å². The van der Waals surface area contributed by atoms with Gasteiger partial charge in [0.2, 0.25) is 0 Å².